The molecule has 1 fully saturated rings. The number of aromatic nitrogens is 2. The first-order valence-electron chi connectivity index (χ1n) is 9.22. The van der Waals surface area contributed by atoms with Gasteiger partial charge in [0.15, 0.2) is 5.82 Å². The van der Waals surface area contributed by atoms with Crippen LogP contribution in [0.3, 0.4) is 0 Å². The van der Waals surface area contributed by atoms with E-state index in [1.807, 2.05) is 29.7 Å². The number of aryl methyl sites for hydroxylation is 1. The number of carbonyl (C=O) groups excluding carboxylic acids is 1. The second-order valence-electron chi connectivity index (χ2n) is 7.24. The van der Waals surface area contributed by atoms with E-state index in [4.69, 9.17) is 0 Å². The Labute approximate surface area is 162 Å². The molecule has 2 heterocycles. The number of anilines is 1. The maximum atomic E-state index is 13.0. The highest BCUT2D eigenvalue weighted by molar-refractivity contribution is 5.78. The lowest BCUT2D eigenvalue weighted by atomic mass is 10.1. The van der Waals surface area contributed by atoms with E-state index >= 15 is 0 Å². The lowest BCUT2D eigenvalue weighted by Crippen LogP contribution is -2.50. The predicted molar refractivity (Wildman–Crippen MR) is 101 cm³/mol. The number of nitrogens with zero attached hydrogens (tertiary/aromatic N) is 4. The fourth-order valence-electron chi connectivity index (χ4n) is 3.20. The van der Waals surface area contributed by atoms with Crippen LogP contribution in [0.1, 0.15) is 25.1 Å². The lowest BCUT2D eigenvalue weighted by Gasteiger charge is -2.36. The molecule has 1 aliphatic rings. The molecule has 0 radical (unpaired) electrons. The van der Waals surface area contributed by atoms with Gasteiger partial charge < -0.3 is 9.80 Å². The van der Waals surface area contributed by atoms with Gasteiger partial charge in [0, 0.05) is 49.4 Å². The van der Waals surface area contributed by atoms with Crippen LogP contribution in [0, 0.1) is 12.8 Å². The summed E-state index contributed by atoms with van der Waals surface area (Å²) in [6.45, 7) is 7.99. The molecule has 150 valence electrons. The average Bonchev–Trinajstić information content (AvgIpc) is 2.66. The van der Waals surface area contributed by atoms with Gasteiger partial charge in [-0.25, -0.2) is 9.97 Å². The van der Waals surface area contributed by atoms with Gasteiger partial charge in [-0.3, -0.25) is 4.79 Å². The molecule has 0 atom stereocenters. The number of alkyl halides is 3. The highest BCUT2D eigenvalue weighted by Crippen LogP contribution is 2.32. The summed E-state index contributed by atoms with van der Waals surface area (Å²) in [7, 11) is 0. The van der Waals surface area contributed by atoms with Gasteiger partial charge >= 0.3 is 6.18 Å². The molecule has 5 nitrogen and oxygen atoms in total. The molecule has 8 heteroatoms. The van der Waals surface area contributed by atoms with Crippen molar-refractivity contribution in [1.82, 2.24) is 14.9 Å². The van der Waals surface area contributed by atoms with Crippen LogP contribution in [-0.2, 0) is 11.0 Å². The van der Waals surface area contributed by atoms with Crippen LogP contribution in [0.25, 0.3) is 11.4 Å². The summed E-state index contributed by atoms with van der Waals surface area (Å²) in [4.78, 5) is 24.8. The van der Waals surface area contributed by atoms with Crippen LogP contribution in [0.4, 0.5) is 19.0 Å². The molecule has 0 saturated carbocycles. The molecule has 0 spiro atoms. The van der Waals surface area contributed by atoms with Crippen molar-refractivity contribution in [3.63, 3.8) is 0 Å². The molecule has 1 amide bonds. The van der Waals surface area contributed by atoms with E-state index in [2.05, 4.69) is 9.97 Å². The van der Waals surface area contributed by atoms with Crippen LogP contribution in [-0.4, -0.2) is 47.0 Å². The highest BCUT2D eigenvalue weighted by atomic mass is 19.4. The average molecular weight is 392 g/mol. The van der Waals surface area contributed by atoms with Crippen molar-refractivity contribution < 1.29 is 18.0 Å². The summed E-state index contributed by atoms with van der Waals surface area (Å²) in [6.07, 6.45) is -4.41. The van der Waals surface area contributed by atoms with E-state index in [0.29, 0.717) is 43.3 Å². The molecule has 1 aromatic heterocycles. The fraction of sp³-hybridized carbons (Fsp3) is 0.450. The summed E-state index contributed by atoms with van der Waals surface area (Å²) in [5.41, 5.74) is 0.281. The zero-order valence-corrected chi connectivity index (χ0v) is 16.1. The van der Waals surface area contributed by atoms with E-state index in [-0.39, 0.29) is 17.6 Å². The predicted octanol–water partition coefficient (Wildman–Crippen LogP) is 3.78. The molecule has 2 aromatic rings. The second-order valence-corrected chi connectivity index (χ2v) is 7.24. The second kappa shape index (κ2) is 7.77. The zero-order valence-electron chi connectivity index (χ0n) is 16.1. The van der Waals surface area contributed by atoms with Gasteiger partial charge in [0.25, 0.3) is 0 Å². The first-order valence-corrected chi connectivity index (χ1v) is 9.22. The van der Waals surface area contributed by atoms with Gasteiger partial charge in [-0.05, 0) is 19.1 Å². The molecule has 0 unspecified atom stereocenters. The molecule has 0 aliphatic carbocycles. The first kappa shape index (κ1) is 20.1. The summed E-state index contributed by atoms with van der Waals surface area (Å²) in [6, 6.07) is 6.85. The Bertz CT molecular complexity index is 859. The molecule has 1 saturated heterocycles. The summed E-state index contributed by atoms with van der Waals surface area (Å²) in [5.74, 6) is 1.02. The van der Waals surface area contributed by atoms with Crippen molar-refractivity contribution in [2.75, 3.05) is 31.1 Å². The first-order chi connectivity index (χ1) is 13.1. The van der Waals surface area contributed by atoms with Crippen molar-refractivity contribution in [3.05, 3.63) is 41.6 Å². The minimum Gasteiger partial charge on any atom is -0.353 e. The molecule has 1 aliphatic heterocycles. The third-order valence-corrected chi connectivity index (χ3v) is 4.70. The minimum atomic E-state index is -4.41. The van der Waals surface area contributed by atoms with E-state index < -0.39 is 11.7 Å². The van der Waals surface area contributed by atoms with E-state index in [0.717, 1.165) is 12.1 Å². The molecule has 28 heavy (non-hydrogen) atoms. The Morgan fingerprint density at radius 3 is 2.36 bits per heavy atom. The molecular formula is C20H23F3N4O. The summed E-state index contributed by atoms with van der Waals surface area (Å²) < 4.78 is 39.0. The number of benzene rings is 1. The van der Waals surface area contributed by atoms with Crippen molar-refractivity contribution in [1.29, 1.82) is 0 Å². The zero-order chi connectivity index (χ0) is 20.5. The monoisotopic (exact) mass is 392 g/mol. The van der Waals surface area contributed by atoms with Crippen LogP contribution in [0.15, 0.2) is 30.3 Å². The van der Waals surface area contributed by atoms with Crippen LogP contribution >= 0.6 is 0 Å². The third kappa shape index (κ3) is 4.43. The number of carbonyl (C=O) groups is 1. The van der Waals surface area contributed by atoms with E-state index in [1.54, 1.807) is 13.0 Å². The summed E-state index contributed by atoms with van der Waals surface area (Å²) >= 11 is 0. The number of amides is 1. The largest absolute Gasteiger partial charge is 0.416 e. The van der Waals surface area contributed by atoms with Crippen molar-refractivity contribution in [2.24, 2.45) is 5.92 Å². The van der Waals surface area contributed by atoms with Gasteiger partial charge in [-0.2, -0.15) is 13.2 Å². The Morgan fingerprint density at radius 2 is 1.75 bits per heavy atom. The van der Waals surface area contributed by atoms with Gasteiger partial charge in [-0.15, -0.1) is 0 Å². The van der Waals surface area contributed by atoms with E-state index in [1.165, 1.54) is 6.07 Å². The van der Waals surface area contributed by atoms with Crippen LogP contribution in [0.5, 0.6) is 0 Å². The number of hydrogen-bond acceptors (Lipinski definition) is 4. The van der Waals surface area contributed by atoms with Gasteiger partial charge in [-0.1, -0.05) is 26.0 Å². The lowest BCUT2D eigenvalue weighted by molar-refractivity contribution is -0.137. The Kier molecular flexibility index (Phi) is 5.58. The third-order valence-electron chi connectivity index (χ3n) is 4.70. The fourth-order valence-corrected chi connectivity index (χ4v) is 3.20. The van der Waals surface area contributed by atoms with Gasteiger partial charge in [0.2, 0.25) is 5.91 Å². The molecule has 1 aromatic carbocycles. The van der Waals surface area contributed by atoms with E-state index in [9.17, 15) is 18.0 Å². The van der Waals surface area contributed by atoms with Crippen molar-refractivity contribution in [2.45, 2.75) is 26.9 Å². The standard InChI is InChI=1S/C20H23F3N4O/c1-13(2)19(28)27-9-7-26(8-10-27)17-11-14(3)24-18(25-17)15-5-4-6-16(12-15)20(21,22)23/h4-6,11-13H,7-10H2,1-3H3. The topological polar surface area (TPSA) is 49.3 Å². The highest BCUT2D eigenvalue weighted by Gasteiger charge is 2.31. The number of piperazine rings is 1. The van der Waals surface area contributed by atoms with Gasteiger partial charge in [0.1, 0.15) is 5.82 Å². The minimum absolute atomic E-state index is 0.0413. The van der Waals surface area contributed by atoms with Crippen molar-refractivity contribution in [3.8, 4) is 11.4 Å². The van der Waals surface area contributed by atoms with Gasteiger partial charge in [0.05, 0.1) is 5.56 Å². The molecule has 0 N–H and O–H groups in total. The van der Waals surface area contributed by atoms with Crippen molar-refractivity contribution >= 4 is 11.7 Å². The quantitative estimate of drug-likeness (QED) is 0.798. The smallest absolute Gasteiger partial charge is 0.353 e. The Hall–Kier alpha value is -2.64. The number of rotatable bonds is 3. The van der Waals surface area contributed by atoms with Crippen LogP contribution in [0.2, 0.25) is 0 Å². The maximum Gasteiger partial charge on any atom is 0.416 e. The Morgan fingerprint density at radius 1 is 1.07 bits per heavy atom. The SMILES string of the molecule is Cc1cc(N2CCN(C(=O)C(C)C)CC2)nc(-c2cccc(C(F)(F)F)c2)n1. The molecule has 3 rings (SSSR count). The number of halogens is 3. The maximum absolute atomic E-state index is 13.0. The molecular weight excluding hydrogens is 369 g/mol. The molecule has 0 bridgehead atoms. The summed E-state index contributed by atoms with van der Waals surface area (Å²) in [5, 5.41) is 0. The normalized spacial score (nSPS) is 15.2. The number of hydrogen-bond donors (Lipinski definition) is 0. The Balaban J connectivity index is 1.83. The van der Waals surface area contributed by atoms with Crippen LogP contribution < -0.4 is 4.90 Å².